The van der Waals surface area contributed by atoms with Crippen LogP contribution in [-0.4, -0.2) is 41.1 Å². The molecule has 0 aromatic heterocycles. The lowest BCUT2D eigenvalue weighted by Crippen LogP contribution is -2.43. The van der Waals surface area contributed by atoms with Gasteiger partial charge in [-0.25, -0.2) is 4.39 Å². The van der Waals surface area contributed by atoms with E-state index < -0.39 is 30.3 Å². The molecule has 1 unspecified atom stereocenters. The summed E-state index contributed by atoms with van der Waals surface area (Å²) in [5, 5.41) is 8.71. The van der Waals surface area contributed by atoms with Crippen LogP contribution in [0.5, 0.6) is 5.75 Å². The minimum absolute atomic E-state index is 0.137. The number of halogens is 1. The molecule has 1 aromatic rings. The van der Waals surface area contributed by atoms with Crippen LogP contribution >= 0.6 is 0 Å². The van der Waals surface area contributed by atoms with Crippen molar-refractivity contribution in [3.05, 3.63) is 30.1 Å². The number of nitrogens with zero attached hydrogens (tertiary/aromatic N) is 1. The van der Waals surface area contributed by atoms with Crippen LogP contribution in [0.3, 0.4) is 0 Å². The van der Waals surface area contributed by atoms with Gasteiger partial charge in [0.15, 0.2) is 6.10 Å². The van der Waals surface area contributed by atoms with Crippen LogP contribution in [0.15, 0.2) is 24.3 Å². The van der Waals surface area contributed by atoms with E-state index in [1.165, 1.54) is 25.1 Å². The summed E-state index contributed by atoms with van der Waals surface area (Å²) in [6.07, 6.45) is 4.12. The maximum absolute atomic E-state index is 13.0. The van der Waals surface area contributed by atoms with Crippen molar-refractivity contribution in [3.8, 4) is 18.1 Å². The zero-order valence-electron chi connectivity index (χ0n) is 10.9. The van der Waals surface area contributed by atoms with Gasteiger partial charge in [-0.3, -0.25) is 9.59 Å². The van der Waals surface area contributed by atoms with Crippen LogP contribution in [0.1, 0.15) is 6.92 Å². The molecule has 6 heteroatoms. The third kappa shape index (κ3) is 4.61. The van der Waals surface area contributed by atoms with Gasteiger partial charge in [0, 0.05) is 6.07 Å². The van der Waals surface area contributed by atoms with Gasteiger partial charge in [0.1, 0.15) is 18.1 Å². The number of carbonyl (C=O) groups is 2. The maximum atomic E-state index is 13.0. The lowest BCUT2D eigenvalue weighted by Gasteiger charge is -2.22. The Labute approximate surface area is 116 Å². The average Bonchev–Trinajstić information content (AvgIpc) is 2.36. The van der Waals surface area contributed by atoms with E-state index in [1.54, 1.807) is 0 Å². The first-order chi connectivity index (χ1) is 9.43. The molecule has 20 heavy (non-hydrogen) atoms. The Bertz CT molecular complexity index is 538. The molecule has 1 atom stereocenters. The van der Waals surface area contributed by atoms with E-state index in [0.29, 0.717) is 0 Å². The Kier molecular flexibility index (Phi) is 5.54. The number of carboxylic acids is 1. The number of amides is 1. The van der Waals surface area contributed by atoms with Gasteiger partial charge in [0.25, 0.3) is 5.91 Å². The monoisotopic (exact) mass is 279 g/mol. The molecule has 0 fully saturated rings. The zero-order valence-corrected chi connectivity index (χ0v) is 10.9. The van der Waals surface area contributed by atoms with Crippen LogP contribution in [0, 0.1) is 18.2 Å². The maximum Gasteiger partial charge on any atom is 0.323 e. The number of hydrogen-bond acceptors (Lipinski definition) is 3. The summed E-state index contributed by atoms with van der Waals surface area (Å²) in [6.45, 7) is 0.792. The van der Waals surface area contributed by atoms with Crippen LogP contribution < -0.4 is 4.74 Å². The fourth-order valence-corrected chi connectivity index (χ4v) is 1.54. The summed E-state index contributed by atoms with van der Waals surface area (Å²) in [5.74, 6) is 0.149. The molecule has 1 rings (SSSR count). The minimum Gasteiger partial charge on any atom is -0.481 e. The summed E-state index contributed by atoms with van der Waals surface area (Å²) < 4.78 is 18.3. The van der Waals surface area contributed by atoms with E-state index in [1.807, 2.05) is 0 Å². The number of ether oxygens (including phenoxy) is 1. The molecule has 106 valence electrons. The minimum atomic E-state index is -1.17. The van der Waals surface area contributed by atoms with Gasteiger partial charge in [-0.15, -0.1) is 6.42 Å². The van der Waals surface area contributed by atoms with E-state index in [2.05, 4.69) is 5.92 Å². The van der Waals surface area contributed by atoms with Gasteiger partial charge in [-0.2, -0.15) is 0 Å². The molecule has 0 heterocycles. The zero-order chi connectivity index (χ0) is 15.1. The van der Waals surface area contributed by atoms with E-state index in [4.69, 9.17) is 16.3 Å². The molecule has 0 radical (unpaired) electrons. The van der Waals surface area contributed by atoms with Gasteiger partial charge < -0.3 is 14.7 Å². The number of aliphatic carboxylic acids is 1. The second-order valence-electron chi connectivity index (χ2n) is 4.01. The Morgan fingerprint density at radius 3 is 2.80 bits per heavy atom. The highest BCUT2D eigenvalue weighted by atomic mass is 19.1. The number of benzene rings is 1. The van der Waals surface area contributed by atoms with Crippen molar-refractivity contribution in [1.29, 1.82) is 0 Å². The summed E-state index contributed by atoms with van der Waals surface area (Å²) in [6, 6.07) is 5.31. The first-order valence-corrected chi connectivity index (χ1v) is 5.80. The van der Waals surface area contributed by atoms with Gasteiger partial charge in [-0.05, 0) is 19.1 Å². The molecular weight excluding hydrogens is 265 g/mol. The van der Waals surface area contributed by atoms with Crippen LogP contribution in [0.2, 0.25) is 0 Å². The molecule has 1 N–H and O–H groups in total. The van der Waals surface area contributed by atoms with Crippen molar-refractivity contribution in [2.24, 2.45) is 0 Å². The van der Waals surface area contributed by atoms with Crippen molar-refractivity contribution in [1.82, 2.24) is 4.90 Å². The van der Waals surface area contributed by atoms with Gasteiger partial charge in [0.2, 0.25) is 0 Å². The normalized spacial score (nSPS) is 11.2. The molecular formula is C14H14FNO4. The number of carbonyl (C=O) groups excluding carboxylic acids is 1. The van der Waals surface area contributed by atoms with Gasteiger partial charge >= 0.3 is 5.97 Å². The summed E-state index contributed by atoms with van der Waals surface area (Å²) in [5.41, 5.74) is 0. The molecule has 0 aliphatic carbocycles. The second kappa shape index (κ2) is 7.14. The van der Waals surface area contributed by atoms with E-state index in [-0.39, 0.29) is 12.3 Å². The standard InChI is InChI=1S/C14H14FNO4/c1-3-7-16(9-13(17)18)14(19)10(2)20-12-6-4-5-11(15)8-12/h1,4-6,8,10H,7,9H2,2H3,(H,17,18). The molecule has 1 amide bonds. The molecule has 1 aromatic carbocycles. The van der Waals surface area contributed by atoms with Crippen LogP contribution in [0.25, 0.3) is 0 Å². The topological polar surface area (TPSA) is 66.8 Å². The molecule has 0 spiro atoms. The average molecular weight is 279 g/mol. The third-order valence-electron chi connectivity index (χ3n) is 2.38. The van der Waals surface area contributed by atoms with E-state index in [9.17, 15) is 14.0 Å². The first kappa shape index (κ1) is 15.5. The van der Waals surface area contributed by atoms with Crippen molar-refractivity contribution in [2.45, 2.75) is 13.0 Å². The van der Waals surface area contributed by atoms with Gasteiger partial charge in [-0.1, -0.05) is 12.0 Å². The number of rotatable bonds is 6. The Balaban J connectivity index is 2.73. The SMILES string of the molecule is C#CCN(CC(=O)O)C(=O)C(C)Oc1cccc(F)c1. The Morgan fingerprint density at radius 2 is 2.25 bits per heavy atom. The summed E-state index contributed by atoms with van der Waals surface area (Å²) in [4.78, 5) is 23.6. The Hall–Kier alpha value is -2.55. The van der Waals surface area contributed by atoms with Crippen molar-refractivity contribution >= 4 is 11.9 Å². The molecule has 0 saturated heterocycles. The predicted molar refractivity (Wildman–Crippen MR) is 69.5 cm³/mol. The lowest BCUT2D eigenvalue weighted by molar-refractivity contribution is -0.146. The predicted octanol–water partition coefficient (Wildman–Crippen LogP) is 1.14. The highest BCUT2D eigenvalue weighted by Crippen LogP contribution is 2.14. The van der Waals surface area contributed by atoms with E-state index >= 15 is 0 Å². The van der Waals surface area contributed by atoms with Crippen molar-refractivity contribution < 1.29 is 23.8 Å². The Morgan fingerprint density at radius 1 is 1.55 bits per heavy atom. The van der Waals surface area contributed by atoms with Crippen molar-refractivity contribution in [2.75, 3.05) is 13.1 Å². The molecule has 5 nitrogen and oxygen atoms in total. The molecule has 0 aliphatic heterocycles. The quantitative estimate of drug-likeness (QED) is 0.793. The number of terminal acetylenes is 1. The fourth-order valence-electron chi connectivity index (χ4n) is 1.54. The smallest absolute Gasteiger partial charge is 0.323 e. The number of carboxylic acid groups (broad SMARTS) is 1. The number of hydrogen-bond donors (Lipinski definition) is 1. The lowest BCUT2D eigenvalue weighted by atomic mass is 10.3. The third-order valence-corrected chi connectivity index (χ3v) is 2.38. The molecule has 0 saturated carbocycles. The highest BCUT2D eigenvalue weighted by molar-refractivity contribution is 5.84. The summed E-state index contributed by atoms with van der Waals surface area (Å²) in [7, 11) is 0. The van der Waals surface area contributed by atoms with Crippen LogP contribution in [0.4, 0.5) is 4.39 Å². The largest absolute Gasteiger partial charge is 0.481 e. The van der Waals surface area contributed by atoms with Crippen LogP contribution in [-0.2, 0) is 9.59 Å². The van der Waals surface area contributed by atoms with Crippen molar-refractivity contribution in [3.63, 3.8) is 0 Å². The molecule has 0 aliphatic rings. The van der Waals surface area contributed by atoms with Gasteiger partial charge in [0.05, 0.1) is 6.54 Å². The first-order valence-electron chi connectivity index (χ1n) is 5.80. The fraction of sp³-hybridized carbons (Fsp3) is 0.286. The summed E-state index contributed by atoms with van der Waals surface area (Å²) >= 11 is 0. The highest BCUT2D eigenvalue weighted by Gasteiger charge is 2.23. The molecule has 0 bridgehead atoms. The second-order valence-corrected chi connectivity index (χ2v) is 4.01. The van der Waals surface area contributed by atoms with E-state index in [0.717, 1.165) is 11.0 Å².